The molecular formula is C21H20FN5O. The standard InChI is InChI=1S/C21H20FN5O/c1-3-13-4-5-16(12(2)8-13)26-19-15(21(28)27-7-6-14(23)10-27)9-17-20(18(19)22)25-11-24-17/h1,4-5,8-9,11,14,26H,6-7,10,23H2,2H3,(H,24,25). The molecule has 0 saturated carbocycles. The van der Waals surface area contributed by atoms with Crippen molar-refractivity contribution < 1.29 is 9.18 Å². The smallest absolute Gasteiger partial charge is 0.256 e. The molecule has 7 heteroatoms. The predicted molar refractivity (Wildman–Crippen MR) is 107 cm³/mol. The van der Waals surface area contributed by atoms with E-state index in [1.807, 2.05) is 13.0 Å². The SMILES string of the molecule is C#Cc1ccc(Nc2c(C(=O)N3CCC(N)C3)cc3[nH]cnc3c2F)c(C)c1. The van der Waals surface area contributed by atoms with Crippen LogP contribution in [0.15, 0.2) is 30.6 Å². The minimum Gasteiger partial charge on any atom is -0.352 e. The minimum atomic E-state index is -0.578. The molecule has 28 heavy (non-hydrogen) atoms. The first kappa shape index (κ1) is 18.0. The Labute approximate surface area is 161 Å². The van der Waals surface area contributed by atoms with Gasteiger partial charge < -0.3 is 20.9 Å². The highest BCUT2D eigenvalue weighted by molar-refractivity contribution is 6.04. The summed E-state index contributed by atoms with van der Waals surface area (Å²) in [7, 11) is 0. The number of rotatable bonds is 3. The third-order valence-electron chi connectivity index (χ3n) is 5.05. The summed E-state index contributed by atoms with van der Waals surface area (Å²) in [6, 6.07) is 6.94. The van der Waals surface area contributed by atoms with Crippen LogP contribution in [0.1, 0.15) is 27.9 Å². The van der Waals surface area contributed by atoms with Crippen LogP contribution < -0.4 is 11.1 Å². The number of carbonyl (C=O) groups excluding carboxylic acids is 1. The van der Waals surface area contributed by atoms with Gasteiger partial charge in [-0.3, -0.25) is 4.79 Å². The number of aromatic amines is 1. The monoisotopic (exact) mass is 377 g/mol. The van der Waals surface area contributed by atoms with Gasteiger partial charge in [0.2, 0.25) is 0 Å². The molecule has 4 N–H and O–H groups in total. The number of anilines is 2. The number of terminal acetylenes is 1. The van der Waals surface area contributed by atoms with Crippen molar-refractivity contribution in [3.05, 3.63) is 53.1 Å². The van der Waals surface area contributed by atoms with E-state index in [9.17, 15) is 4.79 Å². The lowest BCUT2D eigenvalue weighted by Crippen LogP contribution is -2.32. The molecule has 1 unspecified atom stereocenters. The summed E-state index contributed by atoms with van der Waals surface area (Å²) in [5.41, 5.74) is 9.16. The summed E-state index contributed by atoms with van der Waals surface area (Å²) in [4.78, 5) is 21.7. The van der Waals surface area contributed by atoms with Gasteiger partial charge in [0.05, 0.1) is 23.1 Å². The largest absolute Gasteiger partial charge is 0.352 e. The molecule has 1 amide bonds. The Balaban J connectivity index is 1.81. The van der Waals surface area contributed by atoms with Gasteiger partial charge in [0.25, 0.3) is 5.91 Å². The van der Waals surface area contributed by atoms with Crippen molar-refractivity contribution in [2.24, 2.45) is 5.73 Å². The predicted octanol–water partition coefficient (Wildman–Crippen LogP) is 2.91. The van der Waals surface area contributed by atoms with Gasteiger partial charge in [0.1, 0.15) is 5.52 Å². The number of hydrogen-bond donors (Lipinski definition) is 3. The highest BCUT2D eigenvalue weighted by atomic mass is 19.1. The number of amides is 1. The zero-order valence-electron chi connectivity index (χ0n) is 15.4. The van der Waals surface area contributed by atoms with Crippen molar-refractivity contribution in [3.8, 4) is 12.3 Å². The number of halogens is 1. The zero-order chi connectivity index (χ0) is 19.8. The number of hydrogen-bond acceptors (Lipinski definition) is 4. The Morgan fingerprint density at radius 3 is 2.96 bits per heavy atom. The summed E-state index contributed by atoms with van der Waals surface area (Å²) in [5, 5.41) is 3.08. The number of nitrogens with zero attached hydrogens (tertiary/aromatic N) is 2. The van der Waals surface area contributed by atoms with Crippen molar-refractivity contribution in [3.63, 3.8) is 0 Å². The summed E-state index contributed by atoms with van der Waals surface area (Å²) in [5.74, 6) is 1.73. The number of carbonyl (C=O) groups is 1. The topological polar surface area (TPSA) is 87.0 Å². The molecule has 0 aliphatic carbocycles. The molecule has 1 saturated heterocycles. The number of H-pyrrole nitrogens is 1. The molecule has 1 atom stereocenters. The van der Waals surface area contributed by atoms with Crippen LogP contribution in [0.25, 0.3) is 11.0 Å². The van der Waals surface area contributed by atoms with E-state index in [-0.39, 0.29) is 28.7 Å². The maximum Gasteiger partial charge on any atom is 0.256 e. The van der Waals surface area contributed by atoms with Crippen LogP contribution in [0.3, 0.4) is 0 Å². The fourth-order valence-electron chi connectivity index (χ4n) is 3.50. The Hall–Kier alpha value is -3.37. The van der Waals surface area contributed by atoms with Gasteiger partial charge in [-0.1, -0.05) is 5.92 Å². The van der Waals surface area contributed by atoms with E-state index in [1.54, 1.807) is 23.1 Å². The number of aromatic nitrogens is 2. The average Bonchev–Trinajstić information content (AvgIpc) is 3.33. The lowest BCUT2D eigenvalue weighted by Gasteiger charge is -2.20. The number of aryl methyl sites for hydroxylation is 1. The van der Waals surface area contributed by atoms with Crippen LogP contribution in [0, 0.1) is 25.1 Å². The minimum absolute atomic E-state index is 0.0559. The van der Waals surface area contributed by atoms with E-state index in [4.69, 9.17) is 12.2 Å². The van der Waals surface area contributed by atoms with Gasteiger partial charge in [0.15, 0.2) is 5.82 Å². The van der Waals surface area contributed by atoms with Gasteiger partial charge in [-0.15, -0.1) is 6.42 Å². The van der Waals surface area contributed by atoms with E-state index in [1.165, 1.54) is 6.33 Å². The van der Waals surface area contributed by atoms with Crippen molar-refractivity contribution in [2.45, 2.75) is 19.4 Å². The van der Waals surface area contributed by atoms with Gasteiger partial charge in [-0.05, 0) is 43.2 Å². The molecule has 4 rings (SSSR count). The molecule has 1 aromatic heterocycles. The third kappa shape index (κ3) is 3.08. The number of likely N-dealkylation sites (tertiary alicyclic amines) is 1. The normalized spacial score (nSPS) is 16.4. The fourth-order valence-corrected chi connectivity index (χ4v) is 3.50. The van der Waals surface area contributed by atoms with Crippen molar-refractivity contribution in [2.75, 3.05) is 18.4 Å². The highest BCUT2D eigenvalue weighted by Crippen LogP contribution is 2.32. The summed E-state index contributed by atoms with van der Waals surface area (Å²) in [6.45, 7) is 2.88. The molecule has 3 aromatic rings. The van der Waals surface area contributed by atoms with E-state index in [0.717, 1.165) is 17.5 Å². The van der Waals surface area contributed by atoms with E-state index < -0.39 is 5.82 Å². The molecule has 1 aliphatic heterocycles. The van der Waals surface area contributed by atoms with Crippen LogP contribution in [0.4, 0.5) is 15.8 Å². The average molecular weight is 377 g/mol. The molecule has 1 aliphatic rings. The molecule has 142 valence electrons. The molecule has 0 spiro atoms. The van der Waals surface area contributed by atoms with E-state index in [0.29, 0.717) is 24.3 Å². The second-order valence-corrected chi connectivity index (χ2v) is 7.01. The quantitative estimate of drug-likeness (QED) is 0.613. The van der Waals surface area contributed by atoms with Gasteiger partial charge >= 0.3 is 0 Å². The van der Waals surface area contributed by atoms with Crippen LogP contribution in [0.5, 0.6) is 0 Å². The number of nitrogens with one attached hydrogen (secondary N) is 2. The summed E-state index contributed by atoms with van der Waals surface area (Å²) >= 11 is 0. The third-order valence-corrected chi connectivity index (χ3v) is 5.05. The molecule has 2 heterocycles. The van der Waals surface area contributed by atoms with Crippen LogP contribution in [-0.4, -0.2) is 39.9 Å². The lowest BCUT2D eigenvalue weighted by atomic mass is 10.1. The summed E-state index contributed by atoms with van der Waals surface area (Å²) < 4.78 is 15.3. The second-order valence-electron chi connectivity index (χ2n) is 7.01. The van der Waals surface area contributed by atoms with Gasteiger partial charge in [-0.2, -0.15) is 0 Å². The molecule has 0 bridgehead atoms. The lowest BCUT2D eigenvalue weighted by molar-refractivity contribution is 0.0791. The maximum atomic E-state index is 15.3. The first-order valence-corrected chi connectivity index (χ1v) is 9.02. The van der Waals surface area contributed by atoms with Crippen molar-refractivity contribution >= 4 is 28.3 Å². The Morgan fingerprint density at radius 1 is 1.46 bits per heavy atom. The number of fused-ring (bicyclic) bond motifs is 1. The molecule has 0 radical (unpaired) electrons. The number of nitrogens with two attached hydrogens (primary N) is 1. The first-order chi connectivity index (χ1) is 13.5. The number of imidazole rings is 1. The van der Waals surface area contributed by atoms with Gasteiger partial charge in [0, 0.05) is 30.4 Å². The Kier molecular flexibility index (Phi) is 4.49. The fraction of sp³-hybridized carbons (Fsp3) is 0.238. The Bertz CT molecular complexity index is 1110. The summed E-state index contributed by atoms with van der Waals surface area (Å²) in [6.07, 6.45) is 7.58. The van der Waals surface area contributed by atoms with Gasteiger partial charge in [-0.25, -0.2) is 9.37 Å². The molecule has 1 fully saturated rings. The number of benzene rings is 2. The Morgan fingerprint density at radius 2 is 2.29 bits per heavy atom. The molecule has 2 aromatic carbocycles. The van der Waals surface area contributed by atoms with Crippen molar-refractivity contribution in [1.82, 2.24) is 14.9 Å². The molecular weight excluding hydrogens is 357 g/mol. The highest BCUT2D eigenvalue weighted by Gasteiger charge is 2.28. The van der Waals surface area contributed by atoms with Crippen molar-refractivity contribution in [1.29, 1.82) is 0 Å². The van der Waals surface area contributed by atoms with Crippen LogP contribution >= 0.6 is 0 Å². The molecule has 6 nitrogen and oxygen atoms in total. The van der Waals surface area contributed by atoms with E-state index >= 15 is 4.39 Å². The van der Waals surface area contributed by atoms with E-state index in [2.05, 4.69) is 21.2 Å². The van der Waals surface area contributed by atoms with Crippen LogP contribution in [0.2, 0.25) is 0 Å². The second kappa shape index (κ2) is 6.98. The maximum absolute atomic E-state index is 15.3. The first-order valence-electron chi connectivity index (χ1n) is 9.02. The zero-order valence-corrected chi connectivity index (χ0v) is 15.4. The van der Waals surface area contributed by atoms with Crippen LogP contribution in [-0.2, 0) is 0 Å².